The van der Waals surface area contributed by atoms with Crippen molar-refractivity contribution in [3.63, 3.8) is 0 Å². The van der Waals surface area contributed by atoms with Crippen LogP contribution in [-0.4, -0.2) is 17.7 Å². The van der Waals surface area contributed by atoms with E-state index in [9.17, 15) is 9.59 Å². The SMILES string of the molecule is CCCCC1(c2cc[n+](C)cc2)C(=O)OC(C)(C)OC1=O. The van der Waals surface area contributed by atoms with Gasteiger partial charge in [0.05, 0.1) is 0 Å². The molecule has 1 aliphatic rings. The van der Waals surface area contributed by atoms with Gasteiger partial charge in [0.2, 0.25) is 0 Å². The van der Waals surface area contributed by atoms with Gasteiger partial charge in [-0.2, -0.15) is 0 Å². The minimum Gasteiger partial charge on any atom is -0.422 e. The monoisotopic (exact) mass is 292 g/mol. The van der Waals surface area contributed by atoms with Crippen LogP contribution in [0.1, 0.15) is 45.6 Å². The number of aryl methyl sites for hydroxylation is 1. The summed E-state index contributed by atoms with van der Waals surface area (Å²) in [6.07, 6.45) is 5.63. The highest BCUT2D eigenvalue weighted by molar-refractivity contribution is 6.07. The summed E-state index contributed by atoms with van der Waals surface area (Å²) in [4.78, 5) is 25.2. The van der Waals surface area contributed by atoms with Crippen LogP contribution in [0, 0.1) is 0 Å². The van der Waals surface area contributed by atoms with E-state index in [1.807, 2.05) is 30.9 Å². The zero-order chi connectivity index (χ0) is 15.7. The molecule has 1 fully saturated rings. The van der Waals surface area contributed by atoms with Gasteiger partial charge in [-0.1, -0.05) is 19.8 Å². The van der Waals surface area contributed by atoms with Gasteiger partial charge in [-0.15, -0.1) is 0 Å². The Morgan fingerprint density at radius 3 is 2.10 bits per heavy atom. The van der Waals surface area contributed by atoms with E-state index in [4.69, 9.17) is 9.47 Å². The van der Waals surface area contributed by atoms with E-state index in [-0.39, 0.29) is 0 Å². The minimum atomic E-state index is -1.35. The Hall–Kier alpha value is -1.91. The first-order valence-corrected chi connectivity index (χ1v) is 7.24. The van der Waals surface area contributed by atoms with Gasteiger partial charge in [-0.3, -0.25) is 9.59 Å². The van der Waals surface area contributed by atoms with E-state index in [0.717, 1.165) is 12.8 Å². The maximum atomic E-state index is 12.6. The summed E-state index contributed by atoms with van der Waals surface area (Å²) >= 11 is 0. The second-order valence-corrected chi connectivity index (χ2v) is 5.94. The first-order valence-electron chi connectivity index (χ1n) is 7.24. The quantitative estimate of drug-likeness (QED) is 0.482. The summed E-state index contributed by atoms with van der Waals surface area (Å²) in [5.41, 5.74) is -0.723. The Morgan fingerprint density at radius 1 is 1.10 bits per heavy atom. The van der Waals surface area contributed by atoms with E-state index in [1.54, 1.807) is 26.0 Å². The molecule has 1 aromatic rings. The van der Waals surface area contributed by atoms with Crippen LogP contribution in [0.5, 0.6) is 0 Å². The molecule has 0 unspecified atom stereocenters. The number of rotatable bonds is 4. The first kappa shape index (κ1) is 15.5. The Balaban J connectivity index is 2.49. The van der Waals surface area contributed by atoms with Gasteiger partial charge < -0.3 is 9.47 Å². The Bertz CT molecular complexity index is 528. The van der Waals surface area contributed by atoms with Crippen molar-refractivity contribution in [2.45, 2.75) is 51.2 Å². The second-order valence-electron chi connectivity index (χ2n) is 5.94. The molecule has 21 heavy (non-hydrogen) atoms. The van der Waals surface area contributed by atoms with Crippen LogP contribution < -0.4 is 4.57 Å². The third-order valence-corrected chi connectivity index (χ3v) is 3.75. The fraction of sp³-hybridized carbons (Fsp3) is 0.562. The molecule has 0 radical (unpaired) electrons. The van der Waals surface area contributed by atoms with Gasteiger partial charge in [0, 0.05) is 26.0 Å². The highest BCUT2D eigenvalue weighted by Crippen LogP contribution is 2.39. The Kier molecular flexibility index (Phi) is 4.03. The molecule has 0 N–H and O–H groups in total. The number of carbonyl (C=O) groups excluding carboxylic acids is 2. The van der Waals surface area contributed by atoms with Crippen LogP contribution in [-0.2, 0) is 31.5 Å². The van der Waals surface area contributed by atoms with Crippen LogP contribution in [0.15, 0.2) is 24.5 Å². The van der Waals surface area contributed by atoms with Crippen LogP contribution in [0.4, 0.5) is 0 Å². The molecule has 0 aromatic carbocycles. The Labute approximate surface area is 124 Å². The maximum absolute atomic E-state index is 12.6. The van der Waals surface area contributed by atoms with Crippen molar-refractivity contribution < 1.29 is 23.6 Å². The fourth-order valence-corrected chi connectivity index (χ4v) is 2.54. The number of aromatic nitrogens is 1. The van der Waals surface area contributed by atoms with Crippen LogP contribution in [0.2, 0.25) is 0 Å². The molecule has 5 nitrogen and oxygen atoms in total. The lowest BCUT2D eigenvalue weighted by atomic mass is 9.76. The summed E-state index contributed by atoms with van der Waals surface area (Å²) in [5, 5.41) is 0. The van der Waals surface area contributed by atoms with Crippen molar-refractivity contribution in [1.82, 2.24) is 0 Å². The molecule has 1 saturated heterocycles. The molecule has 5 heteroatoms. The molecule has 0 spiro atoms. The molecule has 0 amide bonds. The molecular weight excluding hydrogens is 270 g/mol. The van der Waals surface area contributed by atoms with Gasteiger partial charge in [-0.25, -0.2) is 4.57 Å². The molecule has 0 saturated carbocycles. The largest absolute Gasteiger partial charge is 0.422 e. The van der Waals surface area contributed by atoms with Crippen molar-refractivity contribution in [2.24, 2.45) is 7.05 Å². The normalized spacial score (nSPS) is 19.8. The molecule has 0 atom stereocenters. The zero-order valence-corrected chi connectivity index (χ0v) is 13.0. The average Bonchev–Trinajstić information content (AvgIpc) is 2.39. The number of cyclic esters (lactones) is 2. The van der Waals surface area contributed by atoms with Crippen molar-refractivity contribution >= 4 is 11.9 Å². The third-order valence-electron chi connectivity index (χ3n) is 3.75. The third kappa shape index (κ3) is 2.77. The number of carbonyl (C=O) groups is 2. The number of hydrogen-bond donors (Lipinski definition) is 0. The van der Waals surface area contributed by atoms with Crippen molar-refractivity contribution in [1.29, 1.82) is 0 Å². The van der Waals surface area contributed by atoms with E-state index < -0.39 is 23.1 Å². The van der Waals surface area contributed by atoms with Gasteiger partial charge in [0.1, 0.15) is 7.05 Å². The lowest BCUT2D eigenvalue weighted by Crippen LogP contribution is -2.56. The number of nitrogens with zero attached hydrogens (tertiary/aromatic N) is 1. The smallest absolute Gasteiger partial charge is 0.331 e. The van der Waals surface area contributed by atoms with E-state index in [0.29, 0.717) is 12.0 Å². The molecule has 1 aromatic heterocycles. The van der Waals surface area contributed by atoms with Crippen molar-refractivity contribution in [2.75, 3.05) is 0 Å². The predicted octanol–water partition coefficient (Wildman–Crippen LogP) is 1.78. The van der Waals surface area contributed by atoms with Gasteiger partial charge in [0.25, 0.3) is 5.79 Å². The molecule has 0 bridgehead atoms. The summed E-state index contributed by atoms with van der Waals surface area (Å²) in [6, 6.07) is 3.55. The fourth-order valence-electron chi connectivity index (χ4n) is 2.54. The van der Waals surface area contributed by atoms with E-state index in [1.165, 1.54) is 0 Å². The van der Waals surface area contributed by atoms with E-state index in [2.05, 4.69) is 0 Å². The molecule has 114 valence electrons. The van der Waals surface area contributed by atoms with Crippen LogP contribution in [0.3, 0.4) is 0 Å². The lowest BCUT2D eigenvalue weighted by molar-refractivity contribution is -0.671. The van der Waals surface area contributed by atoms with Crippen LogP contribution >= 0.6 is 0 Å². The molecular formula is C16H22NO4+. The highest BCUT2D eigenvalue weighted by Gasteiger charge is 2.57. The molecule has 0 aliphatic carbocycles. The predicted molar refractivity (Wildman–Crippen MR) is 75.1 cm³/mol. The summed E-state index contributed by atoms with van der Waals surface area (Å²) in [6.45, 7) is 5.15. The van der Waals surface area contributed by atoms with Gasteiger partial charge >= 0.3 is 11.9 Å². The molecule has 2 rings (SSSR count). The number of unbranched alkanes of at least 4 members (excludes halogenated alkanes) is 1. The summed E-state index contributed by atoms with van der Waals surface area (Å²) < 4.78 is 12.6. The Morgan fingerprint density at radius 2 is 1.62 bits per heavy atom. The summed E-state index contributed by atoms with van der Waals surface area (Å²) in [5.74, 6) is -2.25. The van der Waals surface area contributed by atoms with Gasteiger partial charge in [0.15, 0.2) is 17.8 Å². The number of hydrogen-bond acceptors (Lipinski definition) is 4. The standard InChI is InChI=1S/C16H22NO4/c1-5-6-9-16(12-7-10-17(4)11-8-12)13(18)20-15(2,3)21-14(16)19/h7-8,10-11H,5-6,9H2,1-4H3/q+1. The second kappa shape index (κ2) is 5.47. The topological polar surface area (TPSA) is 56.5 Å². The van der Waals surface area contributed by atoms with E-state index >= 15 is 0 Å². The van der Waals surface area contributed by atoms with Crippen molar-refractivity contribution in [3.8, 4) is 0 Å². The summed E-state index contributed by atoms with van der Waals surface area (Å²) in [7, 11) is 1.88. The number of ether oxygens (including phenoxy) is 2. The van der Waals surface area contributed by atoms with Crippen molar-refractivity contribution in [3.05, 3.63) is 30.1 Å². The van der Waals surface area contributed by atoms with Gasteiger partial charge in [-0.05, 0) is 12.0 Å². The lowest BCUT2D eigenvalue weighted by Gasteiger charge is -2.40. The number of pyridine rings is 1. The maximum Gasteiger partial charge on any atom is 0.331 e. The average molecular weight is 292 g/mol. The molecule has 1 aliphatic heterocycles. The first-order chi connectivity index (χ1) is 9.82. The number of esters is 2. The zero-order valence-electron chi connectivity index (χ0n) is 13.0. The minimum absolute atomic E-state index is 0.394. The van der Waals surface area contributed by atoms with Crippen LogP contribution in [0.25, 0.3) is 0 Å². The highest BCUT2D eigenvalue weighted by atomic mass is 16.7. The molecule has 2 heterocycles.